The van der Waals surface area contributed by atoms with Crippen molar-refractivity contribution in [1.82, 2.24) is 15.1 Å². The van der Waals surface area contributed by atoms with Gasteiger partial charge in [-0.2, -0.15) is 5.10 Å². The molecule has 9 nitrogen and oxygen atoms in total. The summed E-state index contributed by atoms with van der Waals surface area (Å²) in [6.45, 7) is 0.373. The Balaban J connectivity index is 2.20. The number of carbonyl (C=O) groups excluding carboxylic acids is 1. The van der Waals surface area contributed by atoms with Crippen molar-refractivity contribution in [2.24, 2.45) is 5.84 Å². The van der Waals surface area contributed by atoms with Gasteiger partial charge in [0.1, 0.15) is 5.69 Å². The molecule has 2 rings (SSSR count). The summed E-state index contributed by atoms with van der Waals surface area (Å²) in [4.78, 5) is 24.0. The predicted octanol–water partition coefficient (Wildman–Crippen LogP) is 0.876. The molecule has 1 heterocycles. The van der Waals surface area contributed by atoms with Crippen molar-refractivity contribution in [2.45, 2.75) is 6.54 Å². The predicted molar refractivity (Wildman–Crippen MR) is 75.3 cm³/mol. The Bertz CT molecular complexity index is 655. The molecule has 21 heavy (non-hydrogen) atoms. The van der Waals surface area contributed by atoms with Crippen molar-refractivity contribution >= 4 is 17.3 Å². The molecule has 1 amide bonds. The number of benzene rings is 1. The summed E-state index contributed by atoms with van der Waals surface area (Å²) in [5.74, 6) is 4.98. The second-order valence-corrected chi connectivity index (χ2v) is 4.40. The zero-order chi connectivity index (χ0) is 15.4. The van der Waals surface area contributed by atoms with Gasteiger partial charge in [0.05, 0.1) is 11.1 Å². The average molecular weight is 290 g/mol. The average Bonchev–Trinajstić information content (AvgIpc) is 2.98. The molecular weight excluding hydrogens is 276 g/mol. The number of carbonyl (C=O) groups is 1. The van der Waals surface area contributed by atoms with Crippen LogP contribution < -0.4 is 11.3 Å². The highest BCUT2D eigenvalue weighted by molar-refractivity contribution is 5.95. The molecule has 0 aliphatic carbocycles. The molecule has 0 aliphatic rings. The van der Waals surface area contributed by atoms with Crippen molar-refractivity contribution < 1.29 is 9.72 Å². The fourth-order valence-electron chi connectivity index (χ4n) is 1.87. The number of rotatable bonds is 5. The third-order valence-corrected chi connectivity index (χ3v) is 2.92. The van der Waals surface area contributed by atoms with E-state index in [0.717, 1.165) is 5.56 Å². The van der Waals surface area contributed by atoms with E-state index in [9.17, 15) is 14.9 Å². The van der Waals surface area contributed by atoms with Crippen LogP contribution in [0.5, 0.6) is 0 Å². The number of nitrogen functional groups attached to an aromatic ring is 1. The van der Waals surface area contributed by atoms with Gasteiger partial charge in [-0.15, -0.1) is 0 Å². The Labute approximate surface area is 119 Å². The van der Waals surface area contributed by atoms with Crippen molar-refractivity contribution in [3.63, 3.8) is 0 Å². The molecule has 0 spiro atoms. The molecule has 9 heteroatoms. The van der Waals surface area contributed by atoms with Gasteiger partial charge in [0.25, 0.3) is 11.6 Å². The van der Waals surface area contributed by atoms with Crippen LogP contribution in [0.2, 0.25) is 0 Å². The maximum absolute atomic E-state index is 12.3. The van der Waals surface area contributed by atoms with Crippen molar-refractivity contribution in [3.8, 4) is 0 Å². The molecule has 0 unspecified atom stereocenters. The number of nitro benzene ring substituents is 1. The number of hydrogen-bond acceptors (Lipinski definition) is 6. The summed E-state index contributed by atoms with van der Waals surface area (Å²) in [5, 5.41) is 17.3. The Hall–Kier alpha value is -2.94. The fraction of sp³-hybridized carbons (Fsp3) is 0.167. The number of anilines is 1. The molecule has 4 N–H and O–H groups in total. The first kappa shape index (κ1) is 14.5. The number of aromatic nitrogens is 2. The summed E-state index contributed by atoms with van der Waals surface area (Å²) in [6.07, 6.45) is 3.30. The molecule has 0 aliphatic heterocycles. The number of H-pyrrole nitrogens is 1. The highest BCUT2D eigenvalue weighted by Gasteiger charge is 2.18. The van der Waals surface area contributed by atoms with E-state index in [-0.39, 0.29) is 17.3 Å². The molecule has 0 fully saturated rings. The third-order valence-electron chi connectivity index (χ3n) is 2.92. The van der Waals surface area contributed by atoms with Gasteiger partial charge in [-0.25, -0.2) is 0 Å². The zero-order valence-corrected chi connectivity index (χ0v) is 11.2. The Morgan fingerprint density at radius 1 is 1.57 bits per heavy atom. The monoisotopic (exact) mass is 290 g/mol. The van der Waals surface area contributed by atoms with Crippen LogP contribution in [0.4, 0.5) is 11.4 Å². The lowest BCUT2D eigenvalue weighted by Crippen LogP contribution is -2.26. The minimum atomic E-state index is -0.571. The summed E-state index contributed by atoms with van der Waals surface area (Å²) in [5.41, 5.74) is 3.28. The quantitative estimate of drug-likeness (QED) is 0.425. The Morgan fingerprint density at radius 3 is 2.90 bits per heavy atom. The first-order valence-corrected chi connectivity index (χ1v) is 6.01. The van der Waals surface area contributed by atoms with E-state index in [2.05, 4.69) is 15.6 Å². The molecule has 2 aromatic rings. The van der Waals surface area contributed by atoms with Crippen molar-refractivity contribution in [1.29, 1.82) is 0 Å². The van der Waals surface area contributed by atoms with E-state index >= 15 is 0 Å². The van der Waals surface area contributed by atoms with Gasteiger partial charge in [0, 0.05) is 37.0 Å². The van der Waals surface area contributed by atoms with Crippen LogP contribution in [0.1, 0.15) is 15.9 Å². The molecule has 1 aromatic carbocycles. The second-order valence-electron chi connectivity index (χ2n) is 4.40. The van der Waals surface area contributed by atoms with Crippen LogP contribution in [0.25, 0.3) is 0 Å². The first-order chi connectivity index (χ1) is 10.0. The number of nitrogens with one attached hydrogen (secondary N) is 2. The standard InChI is InChI=1S/C12H14N6O3/c1-17(7-8-5-14-15-6-8)12(19)9-2-3-11(18(20)21)10(4-9)16-13/h2-6,16H,7,13H2,1H3,(H,14,15). The Morgan fingerprint density at radius 2 is 2.33 bits per heavy atom. The maximum Gasteiger partial charge on any atom is 0.293 e. The number of nitro groups is 1. The minimum absolute atomic E-state index is 0.0857. The van der Waals surface area contributed by atoms with Gasteiger partial charge in [-0.05, 0) is 12.1 Å². The smallest absolute Gasteiger partial charge is 0.293 e. The lowest BCUT2D eigenvalue weighted by atomic mass is 10.1. The molecule has 0 saturated carbocycles. The molecular formula is C12H14N6O3. The van der Waals surface area contributed by atoms with E-state index in [0.29, 0.717) is 12.1 Å². The summed E-state index contributed by atoms with van der Waals surface area (Å²) in [7, 11) is 1.63. The van der Waals surface area contributed by atoms with Gasteiger partial charge in [-0.3, -0.25) is 25.9 Å². The summed E-state index contributed by atoms with van der Waals surface area (Å²) >= 11 is 0. The van der Waals surface area contributed by atoms with Crippen LogP contribution in [-0.2, 0) is 6.54 Å². The van der Waals surface area contributed by atoms with Crippen LogP contribution in [0.15, 0.2) is 30.6 Å². The summed E-state index contributed by atoms with van der Waals surface area (Å²) < 4.78 is 0. The number of hydrogen-bond donors (Lipinski definition) is 3. The Kier molecular flexibility index (Phi) is 4.14. The number of nitrogens with two attached hydrogens (primary N) is 1. The molecule has 110 valence electrons. The second kappa shape index (κ2) is 6.01. The van der Waals surface area contributed by atoms with Crippen molar-refractivity contribution in [2.75, 3.05) is 12.5 Å². The van der Waals surface area contributed by atoms with Crippen LogP contribution in [0.3, 0.4) is 0 Å². The maximum atomic E-state index is 12.3. The van der Waals surface area contributed by atoms with Crippen molar-refractivity contribution in [3.05, 3.63) is 51.8 Å². The number of hydrazine groups is 1. The van der Waals surface area contributed by atoms with E-state index in [1.54, 1.807) is 19.4 Å². The normalized spacial score (nSPS) is 10.2. The topological polar surface area (TPSA) is 130 Å². The lowest BCUT2D eigenvalue weighted by Gasteiger charge is -2.16. The summed E-state index contributed by atoms with van der Waals surface area (Å²) in [6, 6.07) is 3.99. The van der Waals surface area contributed by atoms with E-state index in [4.69, 9.17) is 5.84 Å². The number of nitrogens with zero attached hydrogens (tertiary/aromatic N) is 3. The zero-order valence-electron chi connectivity index (χ0n) is 11.2. The highest BCUT2D eigenvalue weighted by Crippen LogP contribution is 2.25. The van der Waals surface area contributed by atoms with Gasteiger partial charge in [0.15, 0.2) is 0 Å². The minimum Gasteiger partial charge on any atom is -0.337 e. The van der Waals surface area contributed by atoms with E-state index in [1.165, 1.54) is 23.1 Å². The first-order valence-electron chi connectivity index (χ1n) is 6.01. The molecule has 0 atom stereocenters. The van der Waals surface area contributed by atoms with Gasteiger partial charge < -0.3 is 10.3 Å². The van der Waals surface area contributed by atoms with Gasteiger partial charge >= 0.3 is 0 Å². The third kappa shape index (κ3) is 3.15. The van der Waals surface area contributed by atoms with E-state index in [1.807, 2.05) is 0 Å². The molecule has 0 bridgehead atoms. The van der Waals surface area contributed by atoms with E-state index < -0.39 is 4.92 Å². The fourth-order valence-corrected chi connectivity index (χ4v) is 1.87. The molecule has 0 saturated heterocycles. The number of amides is 1. The van der Waals surface area contributed by atoms with Crippen LogP contribution in [0, 0.1) is 10.1 Å². The molecule has 0 radical (unpaired) electrons. The largest absolute Gasteiger partial charge is 0.337 e. The lowest BCUT2D eigenvalue weighted by molar-refractivity contribution is -0.384. The number of aromatic amines is 1. The van der Waals surface area contributed by atoms with Gasteiger partial charge in [-0.1, -0.05) is 0 Å². The highest BCUT2D eigenvalue weighted by atomic mass is 16.6. The molecule has 1 aromatic heterocycles. The van der Waals surface area contributed by atoms with Crippen LogP contribution >= 0.6 is 0 Å². The van der Waals surface area contributed by atoms with Crippen LogP contribution in [-0.4, -0.2) is 33.0 Å². The SMILES string of the molecule is CN(Cc1cn[nH]c1)C(=O)c1ccc([N+](=O)[O-])c(NN)c1. The van der Waals surface area contributed by atoms with Gasteiger partial charge in [0.2, 0.25) is 0 Å².